The minimum Gasteiger partial charge on any atom is -0.363 e. The Morgan fingerprint density at radius 1 is 1.36 bits per heavy atom. The largest absolute Gasteiger partial charge is 0.363 e. The molecule has 0 aromatic heterocycles. The highest BCUT2D eigenvalue weighted by Crippen LogP contribution is 2.13. The second-order valence-electron chi connectivity index (χ2n) is 2.87. The van der Waals surface area contributed by atoms with Gasteiger partial charge in [-0.15, -0.1) is 0 Å². The molecule has 0 fully saturated rings. The predicted octanol–water partition coefficient (Wildman–Crippen LogP) is 1.52. The molecule has 14 heavy (non-hydrogen) atoms. The Labute approximate surface area is 86.6 Å². The van der Waals surface area contributed by atoms with Crippen molar-refractivity contribution in [2.45, 2.75) is 0 Å². The van der Waals surface area contributed by atoms with E-state index in [0.717, 1.165) is 30.0 Å². The van der Waals surface area contributed by atoms with Crippen LogP contribution in [-0.2, 0) is 0 Å². The fourth-order valence-corrected chi connectivity index (χ4v) is 1.93. The van der Waals surface area contributed by atoms with E-state index in [-0.39, 0.29) is 5.12 Å². The SMILES string of the molecule is O=C(SC1=NCCN1)c1ccccc1. The van der Waals surface area contributed by atoms with Crippen molar-refractivity contribution < 1.29 is 4.79 Å². The Balaban J connectivity index is 2.03. The number of thioether (sulfide) groups is 1. The maximum Gasteiger partial charge on any atom is 0.226 e. The quantitative estimate of drug-likeness (QED) is 0.757. The Morgan fingerprint density at radius 3 is 2.79 bits per heavy atom. The summed E-state index contributed by atoms with van der Waals surface area (Å²) in [4.78, 5) is 15.8. The maximum atomic E-state index is 11.6. The number of benzene rings is 1. The molecule has 4 heteroatoms. The lowest BCUT2D eigenvalue weighted by Crippen LogP contribution is -2.16. The summed E-state index contributed by atoms with van der Waals surface area (Å²) in [7, 11) is 0. The van der Waals surface area contributed by atoms with Crippen LogP contribution in [0.2, 0.25) is 0 Å². The van der Waals surface area contributed by atoms with Crippen LogP contribution in [0.5, 0.6) is 0 Å². The van der Waals surface area contributed by atoms with Crippen LogP contribution in [0.15, 0.2) is 35.3 Å². The molecule has 1 aliphatic rings. The van der Waals surface area contributed by atoms with Crippen LogP contribution in [0, 0.1) is 0 Å². The van der Waals surface area contributed by atoms with Crippen molar-refractivity contribution in [1.29, 1.82) is 0 Å². The molecule has 1 heterocycles. The molecule has 0 saturated carbocycles. The molecular weight excluding hydrogens is 196 g/mol. The lowest BCUT2D eigenvalue weighted by atomic mass is 10.2. The molecule has 0 bridgehead atoms. The summed E-state index contributed by atoms with van der Waals surface area (Å²) < 4.78 is 0. The van der Waals surface area contributed by atoms with Crippen molar-refractivity contribution >= 4 is 22.0 Å². The van der Waals surface area contributed by atoms with Gasteiger partial charge in [-0.25, -0.2) is 0 Å². The summed E-state index contributed by atoms with van der Waals surface area (Å²) in [5.41, 5.74) is 0.717. The van der Waals surface area contributed by atoms with Crippen LogP contribution < -0.4 is 5.32 Å². The molecule has 3 nitrogen and oxygen atoms in total. The second kappa shape index (κ2) is 4.28. The lowest BCUT2D eigenvalue weighted by molar-refractivity contribution is 0.109. The average molecular weight is 206 g/mol. The van der Waals surface area contributed by atoms with E-state index in [9.17, 15) is 4.79 Å². The molecule has 1 N–H and O–H groups in total. The number of carbonyl (C=O) groups is 1. The van der Waals surface area contributed by atoms with Crippen molar-refractivity contribution in [3.8, 4) is 0 Å². The van der Waals surface area contributed by atoms with E-state index >= 15 is 0 Å². The first-order valence-corrected chi connectivity index (χ1v) is 5.23. The second-order valence-corrected chi connectivity index (χ2v) is 3.83. The zero-order valence-corrected chi connectivity index (χ0v) is 8.38. The van der Waals surface area contributed by atoms with E-state index in [0.29, 0.717) is 5.56 Å². The topological polar surface area (TPSA) is 41.5 Å². The number of hydrogen-bond acceptors (Lipinski definition) is 4. The van der Waals surface area contributed by atoms with Gasteiger partial charge in [0.1, 0.15) is 0 Å². The molecule has 0 spiro atoms. The van der Waals surface area contributed by atoms with Gasteiger partial charge < -0.3 is 5.32 Å². The summed E-state index contributed by atoms with van der Waals surface area (Å²) in [6.07, 6.45) is 0. The van der Waals surface area contributed by atoms with E-state index in [2.05, 4.69) is 10.3 Å². The lowest BCUT2D eigenvalue weighted by Gasteiger charge is -2.00. The number of rotatable bonds is 1. The Bertz CT molecular complexity index is 362. The highest BCUT2D eigenvalue weighted by molar-refractivity contribution is 8.26. The molecule has 72 valence electrons. The third-order valence-electron chi connectivity index (χ3n) is 1.84. The fourth-order valence-electron chi connectivity index (χ4n) is 1.17. The number of nitrogens with zero attached hydrogens (tertiary/aromatic N) is 1. The first-order valence-electron chi connectivity index (χ1n) is 4.42. The highest BCUT2D eigenvalue weighted by Gasteiger charge is 2.12. The molecule has 0 atom stereocenters. The summed E-state index contributed by atoms with van der Waals surface area (Å²) in [5.74, 6) is 0. The van der Waals surface area contributed by atoms with E-state index in [1.54, 1.807) is 0 Å². The first-order chi connectivity index (χ1) is 6.86. The molecule has 0 unspecified atom stereocenters. The number of hydrogen-bond donors (Lipinski definition) is 1. The van der Waals surface area contributed by atoms with Crippen LogP contribution >= 0.6 is 11.8 Å². The van der Waals surface area contributed by atoms with Gasteiger partial charge in [-0.2, -0.15) is 0 Å². The first kappa shape index (κ1) is 9.27. The fraction of sp³-hybridized carbons (Fsp3) is 0.200. The van der Waals surface area contributed by atoms with E-state index < -0.39 is 0 Å². The van der Waals surface area contributed by atoms with Crippen molar-refractivity contribution in [2.24, 2.45) is 4.99 Å². The Hall–Kier alpha value is -1.29. The van der Waals surface area contributed by atoms with Gasteiger partial charge in [0.15, 0.2) is 5.17 Å². The van der Waals surface area contributed by atoms with E-state index in [1.807, 2.05) is 30.3 Å². The van der Waals surface area contributed by atoms with Crippen LogP contribution in [0.3, 0.4) is 0 Å². The molecule has 0 amide bonds. The van der Waals surface area contributed by atoms with Gasteiger partial charge in [0.05, 0.1) is 6.54 Å². The molecule has 0 aliphatic carbocycles. The average Bonchev–Trinajstić information content (AvgIpc) is 2.72. The van der Waals surface area contributed by atoms with Crippen molar-refractivity contribution in [2.75, 3.05) is 13.1 Å². The normalized spacial score (nSPS) is 14.7. The smallest absolute Gasteiger partial charge is 0.226 e. The summed E-state index contributed by atoms with van der Waals surface area (Å²) in [5, 5.41) is 3.82. The van der Waals surface area contributed by atoms with Crippen LogP contribution in [0.25, 0.3) is 0 Å². The van der Waals surface area contributed by atoms with Gasteiger partial charge in [0.25, 0.3) is 0 Å². The highest BCUT2D eigenvalue weighted by atomic mass is 32.2. The Morgan fingerprint density at radius 2 is 2.14 bits per heavy atom. The van der Waals surface area contributed by atoms with Crippen LogP contribution in [0.4, 0.5) is 0 Å². The summed E-state index contributed by atoms with van der Waals surface area (Å²) in [6.45, 7) is 1.61. The summed E-state index contributed by atoms with van der Waals surface area (Å²) in [6, 6.07) is 9.23. The minimum atomic E-state index is 0.0405. The zero-order valence-electron chi connectivity index (χ0n) is 7.56. The molecular formula is C10H10N2OS. The molecule has 1 aliphatic heterocycles. The molecule has 1 aromatic carbocycles. The predicted molar refractivity (Wildman–Crippen MR) is 58.7 cm³/mol. The van der Waals surface area contributed by atoms with E-state index in [4.69, 9.17) is 0 Å². The number of amidine groups is 1. The molecule has 0 saturated heterocycles. The third kappa shape index (κ3) is 2.14. The van der Waals surface area contributed by atoms with Gasteiger partial charge in [-0.1, -0.05) is 30.3 Å². The summed E-state index contributed by atoms with van der Waals surface area (Å²) >= 11 is 1.16. The Kier molecular flexibility index (Phi) is 2.84. The van der Waals surface area contributed by atoms with Crippen molar-refractivity contribution in [3.63, 3.8) is 0 Å². The van der Waals surface area contributed by atoms with Crippen molar-refractivity contribution in [3.05, 3.63) is 35.9 Å². The van der Waals surface area contributed by atoms with Gasteiger partial charge in [0.2, 0.25) is 5.12 Å². The van der Waals surface area contributed by atoms with Crippen molar-refractivity contribution in [1.82, 2.24) is 5.32 Å². The van der Waals surface area contributed by atoms with E-state index in [1.165, 1.54) is 0 Å². The third-order valence-corrected chi connectivity index (χ3v) is 2.73. The molecule has 0 radical (unpaired) electrons. The molecule has 1 aromatic rings. The molecule has 2 rings (SSSR count). The zero-order chi connectivity index (χ0) is 9.80. The van der Waals surface area contributed by atoms with Crippen LogP contribution in [0.1, 0.15) is 10.4 Å². The number of carbonyl (C=O) groups excluding carboxylic acids is 1. The van der Waals surface area contributed by atoms with Gasteiger partial charge in [-0.05, 0) is 11.8 Å². The van der Waals surface area contributed by atoms with Gasteiger partial charge >= 0.3 is 0 Å². The monoisotopic (exact) mass is 206 g/mol. The van der Waals surface area contributed by atoms with Gasteiger partial charge in [-0.3, -0.25) is 9.79 Å². The standard InChI is InChI=1S/C10H10N2OS/c13-9(8-4-2-1-3-5-8)14-10-11-6-7-12-10/h1-5H,6-7H2,(H,11,12). The minimum absolute atomic E-state index is 0.0405. The number of aliphatic imine (C=N–C) groups is 1. The van der Waals surface area contributed by atoms with Crippen LogP contribution in [-0.4, -0.2) is 23.4 Å². The maximum absolute atomic E-state index is 11.6. The number of nitrogens with one attached hydrogen (secondary N) is 1. The van der Waals surface area contributed by atoms with Gasteiger partial charge in [0, 0.05) is 12.1 Å².